The van der Waals surface area contributed by atoms with Crippen molar-refractivity contribution in [2.75, 3.05) is 13.7 Å². The van der Waals surface area contributed by atoms with Gasteiger partial charge in [-0.25, -0.2) is 0 Å². The summed E-state index contributed by atoms with van der Waals surface area (Å²) in [6.07, 6.45) is 8.18. The molecule has 1 amide bonds. The number of rotatable bonds is 11. The number of methoxy groups -OCH3 is 1. The van der Waals surface area contributed by atoms with Crippen molar-refractivity contribution in [1.29, 1.82) is 0 Å². The number of amides is 1. The van der Waals surface area contributed by atoms with E-state index in [-0.39, 0.29) is 11.7 Å². The van der Waals surface area contributed by atoms with Gasteiger partial charge < -0.3 is 14.6 Å². The second-order valence-corrected chi connectivity index (χ2v) is 12.6. The highest BCUT2D eigenvalue weighted by Crippen LogP contribution is 2.40. The van der Waals surface area contributed by atoms with Crippen molar-refractivity contribution in [3.8, 4) is 5.75 Å². The Kier molecular flexibility index (Phi) is 8.87. The summed E-state index contributed by atoms with van der Waals surface area (Å²) in [5, 5.41) is 4.70. The number of fused-ring (bicyclic) bond motifs is 3. The summed E-state index contributed by atoms with van der Waals surface area (Å²) in [6, 6.07) is 22.4. The predicted molar refractivity (Wildman–Crippen MR) is 172 cm³/mol. The van der Waals surface area contributed by atoms with Gasteiger partial charge in [0, 0.05) is 60.3 Å². The molecule has 2 fully saturated rings. The van der Waals surface area contributed by atoms with E-state index >= 15 is 0 Å². The number of Topliss-reactive ketones (excluding diaryl/α,β-unsaturated/α-hetero) is 1. The Morgan fingerprint density at radius 1 is 0.953 bits per heavy atom. The lowest BCUT2D eigenvalue weighted by Gasteiger charge is -2.39. The maximum atomic E-state index is 13.4. The fourth-order valence-electron chi connectivity index (χ4n) is 7.29. The second kappa shape index (κ2) is 12.9. The maximum Gasteiger partial charge on any atom is 0.253 e. The molecule has 6 rings (SSSR count). The standard InChI is InChI=1S/C36H40ClN3O3/c1-24-7-3-4-8-27(24)22-38-36(42)32-23-39(35-31(32)9-5-10-34(35)43-2)17-6-18-40-29-15-16-30(40)20-25(19-29)21-33(41)26-11-13-28(37)14-12-26/h3-5,7-14,23,25,29-30H,6,15-22H2,1-2H3,(H,38,42)/t25-,29-,30+. The van der Waals surface area contributed by atoms with Gasteiger partial charge in [0.15, 0.2) is 5.78 Å². The molecule has 7 heteroatoms. The van der Waals surface area contributed by atoms with E-state index in [9.17, 15) is 9.59 Å². The van der Waals surface area contributed by atoms with Gasteiger partial charge in [0.05, 0.1) is 18.2 Å². The number of ketones is 1. The van der Waals surface area contributed by atoms with Crippen molar-refractivity contribution in [3.63, 3.8) is 0 Å². The molecule has 0 spiro atoms. The number of halogens is 1. The minimum Gasteiger partial charge on any atom is -0.495 e. The third kappa shape index (κ3) is 6.36. The van der Waals surface area contributed by atoms with Crippen LogP contribution in [-0.2, 0) is 13.1 Å². The first-order valence-corrected chi connectivity index (χ1v) is 15.8. The van der Waals surface area contributed by atoms with Crippen LogP contribution in [0, 0.1) is 12.8 Å². The van der Waals surface area contributed by atoms with Crippen molar-refractivity contribution in [2.45, 2.75) is 70.6 Å². The van der Waals surface area contributed by atoms with Gasteiger partial charge in [-0.05, 0) is 86.4 Å². The van der Waals surface area contributed by atoms with Gasteiger partial charge in [0.2, 0.25) is 0 Å². The second-order valence-electron chi connectivity index (χ2n) is 12.1. The van der Waals surface area contributed by atoms with E-state index in [2.05, 4.69) is 33.8 Å². The first kappa shape index (κ1) is 29.5. The van der Waals surface area contributed by atoms with Crippen molar-refractivity contribution in [1.82, 2.24) is 14.8 Å². The highest BCUT2D eigenvalue weighted by Gasteiger charge is 2.40. The average molecular weight is 598 g/mol. The Bertz CT molecular complexity index is 1600. The Morgan fingerprint density at radius 3 is 2.42 bits per heavy atom. The molecular formula is C36H40ClN3O3. The molecule has 2 aliphatic rings. The summed E-state index contributed by atoms with van der Waals surface area (Å²) < 4.78 is 7.92. The Hall–Kier alpha value is -3.61. The number of piperidine rings is 1. The van der Waals surface area contributed by atoms with Gasteiger partial charge in [-0.2, -0.15) is 0 Å². The summed E-state index contributed by atoms with van der Waals surface area (Å²) in [6.45, 7) is 4.37. The summed E-state index contributed by atoms with van der Waals surface area (Å²) >= 11 is 6.01. The van der Waals surface area contributed by atoms with Crippen LogP contribution in [0.1, 0.15) is 70.4 Å². The zero-order valence-electron chi connectivity index (χ0n) is 25.0. The van der Waals surface area contributed by atoms with E-state index in [1.165, 1.54) is 12.8 Å². The smallest absolute Gasteiger partial charge is 0.253 e. The summed E-state index contributed by atoms with van der Waals surface area (Å²) in [7, 11) is 1.68. The van der Waals surface area contributed by atoms with Crippen molar-refractivity contribution < 1.29 is 14.3 Å². The van der Waals surface area contributed by atoms with Gasteiger partial charge in [-0.1, -0.05) is 48.0 Å². The van der Waals surface area contributed by atoms with Crippen molar-refractivity contribution in [2.24, 2.45) is 5.92 Å². The topological polar surface area (TPSA) is 63.6 Å². The molecule has 0 aliphatic carbocycles. The molecule has 3 heterocycles. The van der Waals surface area contributed by atoms with Gasteiger partial charge >= 0.3 is 0 Å². The molecule has 2 bridgehead atoms. The number of aromatic nitrogens is 1. The molecular weight excluding hydrogens is 558 g/mol. The van der Waals surface area contributed by atoms with Crippen LogP contribution in [0.3, 0.4) is 0 Å². The van der Waals surface area contributed by atoms with Gasteiger partial charge in [-0.15, -0.1) is 0 Å². The van der Waals surface area contributed by atoms with Crippen LogP contribution in [0.2, 0.25) is 5.02 Å². The number of ether oxygens (including phenoxy) is 1. The zero-order valence-corrected chi connectivity index (χ0v) is 25.8. The van der Waals surface area contributed by atoms with E-state index in [0.29, 0.717) is 41.6 Å². The molecule has 2 aliphatic heterocycles. The average Bonchev–Trinajstić information content (AvgIpc) is 3.50. The zero-order chi connectivity index (χ0) is 29.9. The van der Waals surface area contributed by atoms with Crippen LogP contribution in [0.25, 0.3) is 10.9 Å². The number of nitrogens with one attached hydrogen (secondary N) is 1. The number of aryl methyl sites for hydroxylation is 2. The van der Waals surface area contributed by atoms with Crippen LogP contribution in [0.4, 0.5) is 0 Å². The lowest BCUT2D eigenvalue weighted by molar-refractivity contribution is 0.0807. The lowest BCUT2D eigenvalue weighted by atomic mass is 9.85. The first-order chi connectivity index (χ1) is 20.9. The first-order valence-electron chi connectivity index (χ1n) is 15.4. The maximum absolute atomic E-state index is 13.4. The third-order valence-corrected chi connectivity index (χ3v) is 9.72. The van der Waals surface area contributed by atoms with E-state index in [1.807, 2.05) is 48.7 Å². The quantitative estimate of drug-likeness (QED) is 0.182. The Labute approximate surface area is 259 Å². The third-order valence-electron chi connectivity index (χ3n) is 9.46. The molecule has 1 aromatic heterocycles. The van der Waals surface area contributed by atoms with Gasteiger partial charge in [0.1, 0.15) is 5.75 Å². The number of hydrogen-bond acceptors (Lipinski definition) is 4. The number of hydrogen-bond donors (Lipinski definition) is 1. The number of para-hydroxylation sites is 1. The largest absolute Gasteiger partial charge is 0.495 e. The van der Waals surface area contributed by atoms with Crippen LogP contribution >= 0.6 is 11.6 Å². The van der Waals surface area contributed by atoms with E-state index < -0.39 is 0 Å². The molecule has 1 N–H and O–H groups in total. The minimum atomic E-state index is -0.0754. The monoisotopic (exact) mass is 597 g/mol. The van der Waals surface area contributed by atoms with E-state index in [0.717, 1.165) is 65.7 Å². The molecule has 3 atom stereocenters. The highest BCUT2D eigenvalue weighted by molar-refractivity contribution is 6.30. The summed E-state index contributed by atoms with van der Waals surface area (Å²) in [4.78, 5) is 29.0. The SMILES string of the molecule is COc1cccc2c(C(=O)NCc3ccccc3C)cn(CCCN3[C@@H]4CC[C@H]3C[C@H](CC(=O)c3ccc(Cl)cc3)C4)c12. The van der Waals surface area contributed by atoms with Gasteiger partial charge in [0.25, 0.3) is 5.91 Å². The lowest BCUT2D eigenvalue weighted by Crippen LogP contribution is -2.43. The van der Waals surface area contributed by atoms with Crippen LogP contribution in [-0.4, -0.2) is 46.9 Å². The minimum absolute atomic E-state index is 0.0754. The number of nitrogens with zero attached hydrogens (tertiary/aromatic N) is 2. The Balaban J connectivity index is 1.09. The highest BCUT2D eigenvalue weighted by atomic mass is 35.5. The fourth-order valence-corrected chi connectivity index (χ4v) is 7.41. The van der Waals surface area contributed by atoms with Crippen molar-refractivity contribution >= 4 is 34.2 Å². The van der Waals surface area contributed by atoms with Crippen LogP contribution < -0.4 is 10.1 Å². The fraction of sp³-hybridized carbons (Fsp3) is 0.389. The normalized spacial score (nSPS) is 19.9. The molecule has 2 saturated heterocycles. The molecule has 6 nitrogen and oxygen atoms in total. The van der Waals surface area contributed by atoms with E-state index in [4.69, 9.17) is 16.3 Å². The molecule has 0 saturated carbocycles. The predicted octanol–water partition coefficient (Wildman–Crippen LogP) is 7.45. The molecule has 4 aromatic rings. The number of carbonyl (C=O) groups is 2. The summed E-state index contributed by atoms with van der Waals surface area (Å²) in [5.41, 5.74) is 4.68. The van der Waals surface area contributed by atoms with Gasteiger partial charge in [-0.3, -0.25) is 14.5 Å². The Morgan fingerprint density at radius 2 is 1.70 bits per heavy atom. The number of benzene rings is 3. The molecule has 0 radical (unpaired) electrons. The number of carbonyl (C=O) groups excluding carboxylic acids is 2. The van der Waals surface area contributed by atoms with Crippen LogP contribution in [0.15, 0.2) is 72.9 Å². The molecule has 43 heavy (non-hydrogen) atoms. The molecule has 0 unspecified atom stereocenters. The molecule has 224 valence electrons. The van der Waals surface area contributed by atoms with Crippen LogP contribution in [0.5, 0.6) is 5.75 Å². The van der Waals surface area contributed by atoms with E-state index in [1.54, 1.807) is 19.2 Å². The summed E-state index contributed by atoms with van der Waals surface area (Å²) in [5.74, 6) is 1.37. The molecule has 3 aromatic carbocycles. The van der Waals surface area contributed by atoms with Crippen molar-refractivity contribution in [3.05, 3.63) is 100 Å².